The van der Waals surface area contributed by atoms with Gasteiger partial charge in [0, 0.05) is 6.54 Å². The second kappa shape index (κ2) is 4.44. The summed E-state index contributed by atoms with van der Waals surface area (Å²) in [6, 6.07) is 4.74. The van der Waals surface area contributed by atoms with Crippen molar-refractivity contribution >= 4 is 35.1 Å². The molecular formula is C12H12Cl2N2O2. The summed E-state index contributed by atoms with van der Waals surface area (Å²) in [4.78, 5) is 24.8. The first-order valence-corrected chi connectivity index (χ1v) is 6.15. The molecule has 1 aliphatic rings. The highest BCUT2D eigenvalue weighted by atomic mass is 35.5. The predicted octanol–water partition coefficient (Wildman–Crippen LogP) is 2.82. The molecular weight excluding hydrogens is 275 g/mol. The van der Waals surface area contributed by atoms with Crippen LogP contribution in [0.4, 0.5) is 4.79 Å². The first-order chi connectivity index (χ1) is 8.32. The molecule has 96 valence electrons. The molecule has 1 saturated heterocycles. The van der Waals surface area contributed by atoms with E-state index in [1.807, 2.05) is 0 Å². The normalized spacial score (nSPS) is 18.1. The van der Waals surface area contributed by atoms with Crippen LogP contribution in [0.15, 0.2) is 18.2 Å². The van der Waals surface area contributed by atoms with E-state index in [1.54, 1.807) is 32.0 Å². The molecule has 0 aliphatic carbocycles. The number of carbonyl (C=O) groups is 2. The van der Waals surface area contributed by atoms with Crippen LogP contribution >= 0.6 is 23.2 Å². The van der Waals surface area contributed by atoms with E-state index in [9.17, 15) is 9.59 Å². The van der Waals surface area contributed by atoms with Crippen molar-refractivity contribution in [1.82, 2.24) is 10.2 Å². The van der Waals surface area contributed by atoms with E-state index in [0.29, 0.717) is 16.6 Å². The van der Waals surface area contributed by atoms with Crippen molar-refractivity contribution in [3.63, 3.8) is 0 Å². The minimum absolute atomic E-state index is 0.299. The zero-order chi connectivity index (χ0) is 13.5. The second-order valence-electron chi connectivity index (χ2n) is 4.65. The standard InChI is InChI=1S/C12H12Cl2N2O2/c1-12(2)10(17)15-11(18)16(12)6-7-3-4-8(13)9(14)5-7/h3-5H,6H2,1-2H3,(H,15,17,18). The number of nitrogens with one attached hydrogen (secondary N) is 1. The number of rotatable bonds is 2. The summed E-state index contributed by atoms with van der Waals surface area (Å²) in [5.74, 6) is -0.299. The summed E-state index contributed by atoms with van der Waals surface area (Å²) in [5.41, 5.74) is -0.0363. The molecule has 1 heterocycles. The van der Waals surface area contributed by atoms with E-state index >= 15 is 0 Å². The molecule has 3 amide bonds. The van der Waals surface area contributed by atoms with Gasteiger partial charge in [0.15, 0.2) is 0 Å². The second-order valence-corrected chi connectivity index (χ2v) is 5.47. The summed E-state index contributed by atoms with van der Waals surface area (Å²) < 4.78 is 0. The fraction of sp³-hybridized carbons (Fsp3) is 0.333. The van der Waals surface area contributed by atoms with Gasteiger partial charge in [-0.2, -0.15) is 0 Å². The first-order valence-electron chi connectivity index (χ1n) is 5.39. The van der Waals surface area contributed by atoms with Crippen LogP contribution in [0.2, 0.25) is 10.0 Å². The lowest BCUT2D eigenvalue weighted by Crippen LogP contribution is -2.43. The smallest absolute Gasteiger partial charge is 0.306 e. The quantitative estimate of drug-likeness (QED) is 0.850. The van der Waals surface area contributed by atoms with Gasteiger partial charge in [-0.3, -0.25) is 10.1 Å². The lowest BCUT2D eigenvalue weighted by molar-refractivity contribution is -0.125. The van der Waals surface area contributed by atoms with Crippen molar-refractivity contribution in [2.75, 3.05) is 0 Å². The van der Waals surface area contributed by atoms with Crippen molar-refractivity contribution < 1.29 is 9.59 Å². The van der Waals surface area contributed by atoms with E-state index in [1.165, 1.54) is 4.90 Å². The van der Waals surface area contributed by atoms with Gasteiger partial charge in [-0.25, -0.2) is 4.79 Å². The maximum absolute atomic E-state index is 11.7. The Hall–Kier alpha value is -1.26. The van der Waals surface area contributed by atoms with Crippen LogP contribution in [-0.4, -0.2) is 22.4 Å². The van der Waals surface area contributed by atoms with Gasteiger partial charge in [-0.05, 0) is 31.5 Å². The molecule has 0 unspecified atom stereocenters. The average molecular weight is 287 g/mol. The number of benzene rings is 1. The monoisotopic (exact) mass is 286 g/mol. The minimum Gasteiger partial charge on any atom is -0.306 e. The Balaban J connectivity index is 2.26. The van der Waals surface area contributed by atoms with Gasteiger partial charge >= 0.3 is 6.03 Å². The molecule has 0 radical (unpaired) electrons. The predicted molar refractivity (Wildman–Crippen MR) is 69.6 cm³/mol. The maximum Gasteiger partial charge on any atom is 0.325 e. The fourth-order valence-corrected chi connectivity index (χ4v) is 2.10. The van der Waals surface area contributed by atoms with Crippen molar-refractivity contribution in [3.8, 4) is 0 Å². The number of imide groups is 1. The molecule has 18 heavy (non-hydrogen) atoms. The minimum atomic E-state index is -0.858. The molecule has 1 fully saturated rings. The Morgan fingerprint density at radius 2 is 1.89 bits per heavy atom. The Morgan fingerprint density at radius 3 is 2.39 bits per heavy atom. The maximum atomic E-state index is 11.7. The number of hydrogen-bond acceptors (Lipinski definition) is 2. The Morgan fingerprint density at radius 1 is 1.22 bits per heavy atom. The summed E-state index contributed by atoms with van der Waals surface area (Å²) >= 11 is 11.7. The Bertz CT molecular complexity index is 529. The van der Waals surface area contributed by atoms with E-state index < -0.39 is 11.6 Å². The van der Waals surface area contributed by atoms with Gasteiger partial charge in [-0.15, -0.1) is 0 Å². The van der Waals surface area contributed by atoms with Gasteiger partial charge in [0.05, 0.1) is 10.0 Å². The fourth-order valence-electron chi connectivity index (χ4n) is 1.78. The molecule has 4 nitrogen and oxygen atoms in total. The summed E-state index contributed by atoms with van der Waals surface area (Å²) in [7, 11) is 0. The summed E-state index contributed by atoms with van der Waals surface area (Å²) in [5, 5.41) is 3.18. The molecule has 0 aromatic heterocycles. The molecule has 0 saturated carbocycles. The van der Waals surface area contributed by atoms with Crippen LogP contribution in [0.3, 0.4) is 0 Å². The van der Waals surface area contributed by atoms with Gasteiger partial charge in [0.25, 0.3) is 5.91 Å². The summed E-state index contributed by atoms with van der Waals surface area (Å²) in [6.07, 6.45) is 0. The highest BCUT2D eigenvalue weighted by Gasteiger charge is 2.45. The molecule has 0 bridgehead atoms. The molecule has 0 spiro atoms. The number of nitrogens with zero attached hydrogens (tertiary/aromatic N) is 1. The van der Waals surface area contributed by atoms with Crippen LogP contribution in [-0.2, 0) is 11.3 Å². The van der Waals surface area contributed by atoms with E-state index in [-0.39, 0.29) is 5.91 Å². The van der Waals surface area contributed by atoms with Crippen LogP contribution in [0.1, 0.15) is 19.4 Å². The number of urea groups is 1. The van der Waals surface area contributed by atoms with Gasteiger partial charge < -0.3 is 4.90 Å². The molecule has 1 N–H and O–H groups in total. The molecule has 1 aliphatic heterocycles. The SMILES string of the molecule is CC1(C)C(=O)NC(=O)N1Cc1ccc(Cl)c(Cl)c1. The third-order valence-electron chi connectivity index (χ3n) is 3.02. The van der Waals surface area contributed by atoms with E-state index in [2.05, 4.69) is 5.32 Å². The lowest BCUT2D eigenvalue weighted by atomic mass is 10.0. The third kappa shape index (κ3) is 2.18. The lowest BCUT2D eigenvalue weighted by Gasteiger charge is -2.28. The van der Waals surface area contributed by atoms with Crippen molar-refractivity contribution in [2.45, 2.75) is 25.9 Å². The number of halogens is 2. The number of amides is 3. The first kappa shape index (κ1) is 13.2. The van der Waals surface area contributed by atoms with Crippen molar-refractivity contribution in [2.24, 2.45) is 0 Å². The van der Waals surface area contributed by atoms with E-state index in [4.69, 9.17) is 23.2 Å². The number of carbonyl (C=O) groups excluding carboxylic acids is 2. The highest BCUT2D eigenvalue weighted by Crippen LogP contribution is 2.27. The molecule has 1 aromatic rings. The Kier molecular flexibility index (Phi) is 3.25. The van der Waals surface area contributed by atoms with Crippen LogP contribution in [0.25, 0.3) is 0 Å². The third-order valence-corrected chi connectivity index (χ3v) is 3.76. The largest absolute Gasteiger partial charge is 0.325 e. The molecule has 0 atom stereocenters. The van der Waals surface area contributed by atoms with Crippen LogP contribution < -0.4 is 5.32 Å². The number of hydrogen-bond donors (Lipinski definition) is 1. The zero-order valence-corrected chi connectivity index (χ0v) is 11.5. The van der Waals surface area contributed by atoms with Crippen molar-refractivity contribution in [1.29, 1.82) is 0 Å². The molecule has 2 rings (SSSR count). The summed E-state index contributed by atoms with van der Waals surface area (Å²) in [6.45, 7) is 3.71. The van der Waals surface area contributed by atoms with Crippen LogP contribution in [0, 0.1) is 0 Å². The van der Waals surface area contributed by atoms with Gasteiger partial charge in [0.2, 0.25) is 0 Å². The van der Waals surface area contributed by atoms with Crippen LogP contribution in [0.5, 0.6) is 0 Å². The molecule has 6 heteroatoms. The van der Waals surface area contributed by atoms with Crippen molar-refractivity contribution in [3.05, 3.63) is 33.8 Å². The van der Waals surface area contributed by atoms with Gasteiger partial charge in [0.1, 0.15) is 5.54 Å². The average Bonchev–Trinajstić information content (AvgIpc) is 2.47. The Labute approximate surface area is 115 Å². The van der Waals surface area contributed by atoms with Gasteiger partial charge in [-0.1, -0.05) is 29.3 Å². The van der Waals surface area contributed by atoms with E-state index in [0.717, 1.165) is 5.56 Å². The topological polar surface area (TPSA) is 49.4 Å². The highest BCUT2D eigenvalue weighted by molar-refractivity contribution is 6.42. The zero-order valence-electron chi connectivity index (χ0n) is 9.96. The molecule has 1 aromatic carbocycles.